The highest BCUT2D eigenvalue weighted by molar-refractivity contribution is 9.11. The van der Waals surface area contributed by atoms with E-state index in [0.29, 0.717) is 43.7 Å². The number of phenols is 1. The van der Waals surface area contributed by atoms with E-state index in [0.717, 1.165) is 5.56 Å². The van der Waals surface area contributed by atoms with Gasteiger partial charge in [-0.1, -0.05) is 48.5 Å². The first kappa shape index (κ1) is 26.4. The lowest BCUT2D eigenvalue weighted by molar-refractivity contribution is -0.138. The van der Waals surface area contributed by atoms with Crippen LogP contribution in [0.5, 0.6) is 17.2 Å². The Balaban J connectivity index is 1.65. The van der Waals surface area contributed by atoms with E-state index >= 15 is 0 Å². The van der Waals surface area contributed by atoms with Crippen LogP contribution in [0.3, 0.4) is 0 Å². The molecule has 37 heavy (non-hydrogen) atoms. The summed E-state index contributed by atoms with van der Waals surface area (Å²) in [5.74, 6) is -0.453. The molecule has 0 aliphatic heterocycles. The Morgan fingerprint density at radius 3 is 2.08 bits per heavy atom. The zero-order chi connectivity index (χ0) is 26.5. The lowest BCUT2D eigenvalue weighted by Gasteiger charge is -2.27. The number of carbonyl (C=O) groups excluding carboxylic acids is 1. The summed E-state index contributed by atoms with van der Waals surface area (Å²) in [6.07, 6.45) is 0.536. The second kappa shape index (κ2) is 11.6. The van der Waals surface area contributed by atoms with Crippen LogP contribution in [0.1, 0.15) is 28.4 Å². The van der Waals surface area contributed by atoms with Crippen molar-refractivity contribution in [2.75, 3.05) is 4.90 Å². The molecule has 0 aliphatic carbocycles. The van der Waals surface area contributed by atoms with Crippen molar-refractivity contribution < 1.29 is 24.5 Å². The number of phenolic OH excluding ortho intramolecular Hbond substituents is 1. The zero-order valence-corrected chi connectivity index (χ0v) is 22.9. The largest absolute Gasteiger partial charge is 0.508 e. The third-order valence-corrected chi connectivity index (χ3v) is 6.93. The van der Waals surface area contributed by atoms with Crippen molar-refractivity contribution in [2.24, 2.45) is 0 Å². The number of aliphatic carboxylic acids is 1. The standard InChI is InChI=1S/C29H23Br2NO5/c1-18(29(35)36)32(28(34)20-10-6-3-7-11-20)22-16-24(30)27(25(31)17-22)37-23-12-13-26(33)21(15-23)14-19-8-4-2-5-9-19/h2-13,15-18,33H,14H2,1H3,(H,35,36). The highest BCUT2D eigenvalue weighted by atomic mass is 79.9. The van der Waals surface area contributed by atoms with E-state index in [4.69, 9.17) is 4.74 Å². The fourth-order valence-corrected chi connectivity index (χ4v) is 5.15. The summed E-state index contributed by atoms with van der Waals surface area (Å²) in [6.45, 7) is 1.46. The molecule has 0 saturated heterocycles. The molecule has 2 N–H and O–H groups in total. The first-order valence-corrected chi connectivity index (χ1v) is 13.0. The van der Waals surface area contributed by atoms with Gasteiger partial charge in [0.15, 0.2) is 5.75 Å². The topological polar surface area (TPSA) is 87.1 Å². The molecular weight excluding hydrogens is 602 g/mol. The molecule has 0 fully saturated rings. The number of hydrogen-bond donors (Lipinski definition) is 2. The maximum atomic E-state index is 13.3. The fraction of sp³-hybridized carbons (Fsp3) is 0.103. The quantitative estimate of drug-likeness (QED) is 0.213. The van der Waals surface area contributed by atoms with Crippen LogP contribution in [-0.2, 0) is 11.2 Å². The summed E-state index contributed by atoms with van der Waals surface area (Å²) in [5.41, 5.74) is 2.52. The van der Waals surface area contributed by atoms with E-state index in [-0.39, 0.29) is 5.75 Å². The van der Waals surface area contributed by atoms with Crippen LogP contribution in [0.15, 0.2) is 99.9 Å². The van der Waals surface area contributed by atoms with Gasteiger partial charge in [0.2, 0.25) is 0 Å². The molecule has 0 aliphatic rings. The predicted octanol–water partition coefficient (Wildman–Crippen LogP) is 7.42. The van der Waals surface area contributed by atoms with Crippen LogP contribution < -0.4 is 9.64 Å². The van der Waals surface area contributed by atoms with Gasteiger partial charge in [-0.2, -0.15) is 0 Å². The van der Waals surface area contributed by atoms with Gasteiger partial charge in [0.1, 0.15) is 17.5 Å². The highest BCUT2D eigenvalue weighted by Gasteiger charge is 2.29. The van der Waals surface area contributed by atoms with Crippen LogP contribution in [0.4, 0.5) is 5.69 Å². The van der Waals surface area contributed by atoms with Crippen LogP contribution in [0.2, 0.25) is 0 Å². The van der Waals surface area contributed by atoms with Crippen molar-refractivity contribution in [1.29, 1.82) is 0 Å². The van der Waals surface area contributed by atoms with Gasteiger partial charge in [-0.15, -0.1) is 0 Å². The summed E-state index contributed by atoms with van der Waals surface area (Å²) in [5, 5.41) is 20.0. The second-order valence-electron chi connectivity index (χ2n) is 8.35. The summed E-state index contributed by atoms with van der Waals surface area (Å²) in [7, 11) is 0. The molecule has 0 heterocycles. The van der Waals surface area contributed by atoms with Crippen molar-refractivity contribution in [1.82, 2.24) is 0 Å². The Bertz CT molecular complexity index is 1400. The average Bonchev–Trinajstić information content (AvgIpc) is 2.89. The molecule has 6 nitrogen and oxygen atoms in total. The highest BCUT2D eigenvalue weighted by Crippen LogP contribution is 2.41. The second-order valence-corrected chi connectivity index (χ2v) is 10.1. The van der Waals surface area contributed by atoms with E-state index in [1.54, 1.807) is 60.7 Å². The number of carbonyl (C=O) groups is 2. The summed E-state index contributed by atoms with van der Waals surface area (Å²) >= 11 is 7.02. The van der Waals surface area contributed by atoms with E-state index < -0.39 is 17.9 Å². The number of nitrogens with zero attached hydrogens (tertiary/aromatic N) is 1. The Morgan fingerprint density at radius 2 is 1.49 bits per heavy atom. The van der Waals surface area contributed by atoms with E-state index in [9.17, 15) is 19.8 Å². The molecule has 1 amide bonds. The molecule has 0 spiro atoms. The van der Waals surface area contributed by atoms with Gasteiger partial charge in [0.05, 0.1) is 8.95 Å². The lowest BCUT2D eigenvalue weighted by atomic mass is 10.0. The Hall–Kier alpha value is -3.62. The molecule has 0 radical (unpaired) electrons. The Labute approximate surface area is 231 Å². The fourth-order valence-electron chi connectivity index (χ4n) is 3.83. The number of halogens is 2. The van der Waals surface area contributed by atoms with Crippen LogP contribution in [0.25, 0.3) is 0 Å². The van der Waals surface area contributed by atoms with Gasteiger partial charge in [-0.25, -0.2) is 4.79 Å². The minimum absolute atomic E-state index is 0.169. The third-order valence-electron chi connectivity index (χ3n) is 5.75. The normalized spacial score (nSPS) is 11.5. The van der Waals surface area contributed by atoms with Gasteiger partial charge in [0.25, 0.3) is 5.91 Å². The van der Waals surface area contributed by atoms with Gasteiger partial charge >= 0.3 is 5.97 Å². The number of rotatable bonds is 8. The number of hydrogen-bond acceptors (Lipinski definition) is 4. The molecule has 8 heteroatoms. The van der Waals surface area contributed by atoms with Gasteiger partial charge in [-0.3, -0.25) is 9.69 Å². The van der Waals surface area contributed by atoms with E-state index in [1.165, 1.54) is 11.8 Å². The SMILES string of the molecule is CC(C(=O)O)N(C(=O)c1ccccc1)c1cc(Br)c(Oc2ccc(O)c(Cc3ccccc3)c2)c(Br)c1. The lowest BCUT2D eigenvalue weighted by Crippen LogP contribution is -2.43. The number of carboxylic acid groups (broad SMARTS) is 1. The van der Waals surface area contributed by atoms with Crippen molar-refractivity contribution >= 4 is 49.4 Å². The van der Waals surface area contributed by atoms with Crippen LogP contribution >= 0.6 is 31.9 Å². The maximum absolute atomic E-state index is 13.3. The minimum atomic E-state index is -1.13. The number of aromatic hydroxyl groups is 1. The number of ether oxygens (including phenoxy) is 1. The first-order valence-electron chi connectivity index (χ1n) is 11.4. The third kappa shape index (κ3) is 6.21. The predicted molar refractivity (Wildman–Crippen MR) is 150 cm³/mol. The maximum Gasteiger partial charge on any atom is 0.326 e. The number of benzene rings is 4. The zero-order valence-electron chi connectivity index (χ0n) is 19.8. The molecule has 1 unspecified atom stereocenters. The van der Waals surface area contributed by atoms with Crippen molar-refractivity contribution in [2.45, 2.75) is 19.4 Å². The van der Waals surface area contributed by atoms with Gasteiger partial charge in [0, 0.05) is 23.2 Å². The molecule has 4 aromatic rings. The molecule has 188 valence electrons. The molecular formula is C29H23Br2NO5. The Morgan fingerprint density at radius 1 is 0.892 bits per heavy atom. The van der Waals surface area contributed by atoms with E-state index in [1.807, 2.05) is 30.3 Å². The summed E-state index contributed by atoms with van der Waals surface area (Å²) in [4.78, 5) is 26.4. The van der Waals surface area contributed by atoms with Crippen molar-refractivity contribution in [3.63, 3.8) is 0 Å². The number of amides is 1. The average molecular weight is 625 g/mol. The molecule has 0 saturated carbocycles. The van der Waals surface area contributed by atoms with Gasteiger partial charge < -0.3 is 14.9 Å². The van der Waals surface area contributed by atoms with Gasteiger partial charge in [-0.05, 0) is 86.8 Å². The molecule has 4 rings (SSSR count). The monoisotopic (exact) mass is 623 g/mol. The number of carboxylic acids is 1. The minimum Gasteiger partial charge on any atom is -0.508 e. The molecule has 4 aromatic carbocycles. The summed E-state index contributed by atoms with van der Waals surface area (Å²) in [6, 6.07) is 25.5. The van der Waals surface area contributed by atoms with Crippen molar-refractivity contribution in [3.8, 4) is 17.2 Å². The van der Waals surface area contributed by atoms with Crippen molar-refractivity contribution in [3.05, 3.63) is 117 Å². The first-order chi connectivity index (χ1) is 17.7. The number of anilines is 1. The smallest absolute Gasteiger partial charge is 0.326 e. The Kier molecular flexibility index (Phi) is 8.31. The summed E-state index contributed by atoms with van der Waals surface area (Å²) < 4.78 is 7.16. The molecule has 0 bridgehead atoms. The van der Waals surface area contributed by atoms with E-state index in [2.05, 4.69) is 31.9 Å². The molecule has 0 aromatic heterocycles. The molecule has 1 atom stereocenters. The van der Waals surface area contributed by atoms with Crippen LogP contribution in [-0.4, -0.2) is 28.1 Å². The van der Waals surface area contributed by atoms with Crippen LogP contribution in [0, 0.1) is 0 Å².